The third-order valence-corrected chi connectivity index (χ3v) is 5.76. The second-order valence-electron chi connectivity index (χ2n) is 7.14. The van der Waals surface area contributed by atoms with Crippen molar-refractivity contribution in [3.05, 3.63) is 41.7 Å². The van der Waals surface area contributed by atoms with E-state index in [-0.39, 0.29) is 24.1 Å². The van der Waals surface area contributed by atoms with E-state index in [9.17, 15) is 9.18 Å². The van der Waals surface area contributed by atoms with E-state index in [0.717, 1.165) is 13.0 Å². The summed E-state index contributed by atoms with van der Waals surface area (Å²) < 4.78 is 30.5. The predicted molar refractivity (Wildman–Crippen MR) is 128 cm³/mol. The van der Waals surface area contributed by atoms with Gasteiger partial charge in [-0.25, -0.2) is 9.37 Å². The molecule has 0 fully saturated rings. The first-order valence-corrected chi connectivity index (χ1v) is 10.5. The molecule has 3 rings (SSSR count). The van der Waals surface area contributed by atoms with E-state index in [1.807, 2.05) is 14.1 Å². The zero-order chi connectivity index (χ0) is 22.5. The number of thiazole rings is 1. The topological polar surface area (TPSA) is 64.1 Å². The van der Waals surface area contributed by atoms with Crippen molar-refractivity contribution in [1.29, 1.82) is 0 Å². The molecule has 10 heteroatoms. The summed E-state index contributed by atoms with van der Waals surface area (Å²) in [5.41, 5.74) is 1.03. The number of rotatable bonds is 9. The van der Waals surface area contributed by atoms with Crippen LogP contribution in [0.4, 0.5) is 9.52 Å². The maximum Gasteiger partial charge on any atom is 0.260 e. The Morgan fingerprint density at radius 3 is 2.25 bits per heavy atom. The lowest BCUT2D eigenvalue weighted by Gasteiger charge is -2.22. The average Bonchev–Trinajstić information content (AvgIpc) is 3.17. The number of ether oxygens (including phenoxy) is 3. The van der Waals surface area contributed by atoms with Gasteiger partial charge in [0.15, 0.2) is 16.6 Å². The first-order chi connectivity index (χ1) is 14.9. The molecule has 0 saturated carbocycles. The molecule has 1 heterocycles. The lowest BCUT2D eigenvalue weighted by atomic mass is 10.1. The third-order valence-electron chi connectivity index (χ3n) is 4.71. The van der Waals surface area contributed by atoms with Crippen molar-refractivity contribution in [2.24, 2.45) is 0 Å². The van der Waals surface area contributed by atoms with E-state index in [1.54, 1.807) is 23.1 Å². The van der Waals surface area contributed by atoms with Gasteiger partial charge in [0, 0.05) is 12.1 Å². The molecular weight excluding hydrogens is 457 g/mol. The number of fused-ring (bicyclic) bond motifs is 1. The monoisotopic (exact) mass is 483 g/mol. The van der Waals surface area contributed by atoms with Gasteiger partial charge in [0.05, 0.1) is 31.5 Å². The van der Waals surface area contributed by atoms with Gasteiger partial charge in [0.2, 0.25) is 5.75 Å². The summed E-state index contributed by atoms with van der Waals surface area (Å²) in [6, 6.07) is 7.65. The lowest BCUT2D eigenvalue weighted by molar-refractivity contribution is 0.0985. The molecule has 0 N–H and O–H groups in total. The van der Waals surface area contributed by atoms with Crippen molar-refractivity contribution in [3.8, 4) is 17.2 Å². The Bertz CT molecular complexity index is 1050. The molecule has 2 aromatic carbocycles. The van der Waals surface area contributed by atoms with Gasteiger partial charge in [-0.05, 0) is 57.4 Å². The van der Waals surface area contributed by atoms with Gasteiger partial charge in [-0.3, -0.25) is 9.69 Å². The summed E-state index contributed by atoms with van der Waals surface area (Å²) in [5, 5.41) is 0.512. The largest absolute Gasteiger partial charge is 0.493 e. The van der Waals surface area contributed by atoms with Crippen LogP contribution in [-0.4, -0.2) is 64.3 Å². The number of carbonyl (C=O) groups excluding carboxylic acids is 1. The summed E-state index contributed by atoms with van der Waals surface area (Å²) in [6.45, 7) is 1.26. The van der Waals surface area contributed by atoms with E-state index in [1.165, 1.54) is 44.8 Å². The first-order valence-electron chi connectivity index (χ1n) is 9.70. The molecule has 1 amide bonds. The Hall–Kier alpha value is -2.62. The van der Waals surface area contributed by atoms with Gasteiger partial charge < -0.3 is 19.1 Å². The van der Waals surface area contributed by atoms with Gasteiger partial charge in [0.25, 0.3) is 5.91 Å². The molecular formula is C22H27ClFN3O4S. The van der Waals surface area contributed by atoms with Crippen molar-refractivity contribution in [2.45, 2.75) is 6.42 Å². The van der Waals surface area contributed by atoms with Gasteiger partial charge in [-0.15, -0.1) is 12.4 Å². The van der Waals surface area contributed by atoms with Crippen LogP contribution in [0.2, 0.25) is 0 Å². The number of carbonyl (C=O) groups is 1. The summed E-state index contributed by atoms with van der Waals surface area (Å²) in [7, 11) is 8.47. The van der Waals surface area contributed by atoms with Crippen LogP contribution >= 0.6 is 23.7 Å². The highest BCUT2D eigenvalue weighted by Crippen LogP contribution is 2.39. The average molecular weight is 484 g/mol. The Kier molecular flexibility index (Phi) is 9.06. The van der Waals surface area contributed by atoms with Crippen molar-refractivity contribution in [2.75, 3.05) is 53.4 Å². The molecule has 0 bridgehead atoms. The van der Waals surface area contributed by atoms with E-state index in [0.29, 0.717) is 44.7 Å². The molecule has 0 saturated heterocycles. The smallest absolute Gasteiger partial charge is 0.260 e. The second kappa shape index (κ2) is 11.3. The molecule has 174 valence electrons. The Labute approximate surface area is 197 Å². The Morgan fingerprint density at radius 2 is 1.69 bits per heavy atom. The number of benzene rings is 2. The van der Waals surface area contributed by atoms with Gasteiger partial charge >= 0.3 is 0 Å². The number of methoxy groups -OCH3 is 3. The molecule has 0 radical (unpaired) electrons. The minimum absolute atomic E-state index is 0. The highest BCUT2D eigenvalue weighted by molar-refractivity contribution is 7.22. The van der Waals surface area contributed by atoms with Crippen LogP contribution in [0.25, 0.3) is 10.2 Å². The summed E-state index contributed by atoms with van der Waals surface area (Å²) in [6.07, 6.45) is 0.744. The van der Waals surface area contributed by atoms with Gasteiger partial charge in [0.1, 0.15) is 5.82 Å². The van der Waals surface area contributed by atoms with Crippen molar-refractivity contribution >= 4 is 45.0 Å². The fraction of sp³-hybridized carbons (Fsp3) is 0.364. The highest BCUT2D eigenvalue weighted by Gasteiger charge is 2.24. The van der Waals surface area contributed by atoms with Gasteiger partial charge in [-0.1, -0.05) is 11.3 Å². The second-order valence-corrected chi connectivity index (χ2v) is 8.15. The maximum absolute atomic E-state index is 13.7. The Balaban J connectivity index is 0.00000363. The van der Waals surface area contributed by atoms with Crippen molar-refractivity contribution in [3.63, 3.8) is 0 Å². The van der Waals surface area contributed by atoms with Crippen LogP contribution in [-0.2, 0) is 0 Å². The number of amides is 1. The van der Waals surface area contributed by atoms with Crippen LogP contribution in [0.3, 0.4) is 0 Å². The standard InChI is InChI=1S/C22H26FN3O4S.ClH/c1-25(2)9-6-10-26(22-24-16-8-7-15(23)13-19(16)31-22)21(27)14-11-17(28-3)20(30-5)18(12-14)29-4;/h7-8,11-13H,6,9-10H2,1-5H3;1H. The fourth-order valence-electron chi connectivity index (χ4n) is 3.19. The van der Waals surface area contributed by atoms with Crippen molar-refractivity contribution in [1.82, 2.24) is 9.88 Å². The molecule has 1 aromatic heterocycles. The molecule has 32 heavy (non-hydrogen) atoms. The zero-order valence-corrected chi connectivity index (χ0v) is 20.3. The normalized spacial score (nSPS) is 10.7. The van der Waals surface area contributed by atoms with Crippen LogP contribution in [0, 0.1) is 5.82 Å². The fourth-order valence-corrected chi connectivity index (χ4v) is 4.21. The van der Waals surface area contributed by atoms with Crippen LogP contribution in [0.15, 0.2) is 30.3 Å². The first kappa shape index (κ1) is 25.6. The zero-order valence-electron chi connectivity index (χ0n) is 18.7. The quantitative estimate of drug-likeness (QED) is 0.447. The molecule has 0 aliphatic rings. The SMILES string of the molecule is COc1cc(C(=O)N(CCCN(C)C)c2nc3ccc(F)cc3s2)cc(OC)c1OC.Cl. The van der Waals surface area contributed by atoms with Crippen LogP contribution in [0.5, 0.6) is 17.2 Å². The van der Waals surface area contributed by atoms with Crippen LogP contribution in [0.1, 0.15) is 16.8 Å². The minimum Gasteiger partial charge on any atom is -0.493 e. The molecule has 7 nitrogen and oxygen atoms in total. The van der Waals surface area contributed by atoms with E-state index < -0.39 is 0 Å². The summed E-state index contributed by atoms with van der Waals surface area (Å²) in [5.74, 6) is 0.612. The third kappa shape index (κ3) is 5.59. The highest BCUT2D eigenvalue weighted by atomic mass is 35.5. The predicted octanol–water partition coefficient (Wildman–Crippen LogP) is 4.48. The van der Waals surface area contributed by atoms with Crippen LogP contribution < -0.4 is 19.1 Å². The number of nitrogens with zero attached hydrogens (tertiary/aromatic N) is 3. The number of aromatic nitrogens is 1. The lowest BCUT2D eigenvalue weighted by Crippen LogP contribution is -2.33. The van der Waals surface area contributed by atoms with E-state index >= 15 is 0 Å². The number of hydrogen-bond donors (Lipinski definition) is 0. The number of halogens is 2. The molecule has 0 aliphatic carbocycles. The summed E-state index contributed by atoms with van der Waals surface area (Å²) >= 11 is 1.28. The molecule has 0 atom stereocenters. The maximum atomic E-state index is 13.7. The molecule has 3 aromatic rings. The number of hydrogen-bond acceptors (Lipinski definition) is 7. The molecule has 0 spiro atoms. The summed E-state index contributed by atoms with van der Waals surface area (Å²) in [4.78, 5) is 21.8. The minimum atomic E-state index is -0.335. The van der Waals surface area contributed by atoms with E-state index in [4.69, 9.17) is 14.2 Å². The van der Waals surface area contributed by atoms with Crippen molar-refractivity contribution < 1.29 is 23.4 Å². The van der Waals surface area contributed by atoms with Gasteiger partial charge in [-0.2, -0.15) is 0 Å². The molecule has 0 unspecified atom stereocenters. The molecule has 0 aliphatic heterocycles. The van der Waals surface area contributed by atoms with E-state index in [2.05, 4.69) is 9.88 Å². The Morgan fingerprint density at radius 1 is 1.03 bits per heavy atom. The number of anilines is 1.